The van der Waals surface area contributed by atoms with Crippen molar-refractivity contribution in [2.24, 2.45) is 0 Å². The predicted molar refractivity (Wildman–Crippen MR) is 52.8 cm³/mol. The van der Waals surface area contributed by atoms with E-state index in [1.165, 1.54) is 0 Å². The van der Waals surface area contributed by atoms with Crippen molar-refractivity contribution in [3.05, 3.63) is 0 Å². The van der Waals surface area contributed by atoms with Crippen LogP contribution in [-0.2, 0) is 14.3 Å². The first-order valence-electron chi connectivity index (χ1n) is 5.07. The van der Waals surface area contributed by atoms with E-state index < -0.39 is 11.8 Å². The zero-order valence-electron chi connectivity index (χ0n) is 9.13. The van der Waals surface area contributed by atoms with E-state index in [1.807, 2.05) is 20.8 Å². The van der Waals surface area contributed by atoms with Crippen LogP contribution in [0.3, 0.4) is 0 Å². The molecule has 1 atom stereocenters. The third-order valence-electron chi connectivity index (χ3n) is 1.81. The number of nitrogens with one attached hydrogen (secondary N) is 1. The molecule has 0 saturated carbocycles. The molecule has 0 radical (unpaired) electrons. The quantitative estimate of drug-likeness (QED) is 0.644. The van der Waals surface area contributed by atoms with Crippen molar-refractivity contribution < 1.29 is 14.3 Å². The first kappa shape index (κ1) is 11.5. The Balaban J connectivity index is 2.42. The van der Waals surface area contributed by atoms with Gasteiger partial charge in [0.2, 0.25) is 6.23 Å². The molecule has 1 rings (SSSR count). The molecular formula is C10H19NO3. The minimum Gasteiger partial charge on any atom is -0.457 e. The number of rotatable bonds is 1. The van der Waals surface area contributed by atoms with Crippen molar-refractivity contribution in [3.63, 3.8) is 0 Å². The van der Waals surface area contributed by atoms with E-state index in [0.717, 1.165) is 19.4 Å². The van der Waals surface area contributed by atoms with Crippen LogP contribution in [0.25, 0.3) is 0 Å². The SMILES string of the molecule is CC(C)(C)OC(=O)C1NCCCCO1. The molecule has 4 nitrogen and oxygen atoms in total. The van der Waals surface area contributed by atoms with Gasteiger partial charge in [-0.3, -0.25) is 5.32 Å². The molecule has 82 valence electrons. The van der Waals surface area contributed by atoms with Gasteiger partial charge in [-0.25, -0.2) is 4.79 Å². The fourth-order valence-electron chi connectivity index (χ4n) is 1.23. The van der Waals surface area contributed by atoms with Gasteiger partial charge in [0.05, 0.1) is 0 Å². The number of hydrogen-bond donors (Lipinski definition) is 1. The van der Waals surface area contributed by atoms with E-state index in [-0.39, 0.29) is 5.97 Å². The summed E-state index contributed by atoms with van der Waals surface area (Å²) >= 11 is 0. The number of hydrogen-bond acceptors (Lipinski definition) is 4. The average Bonchev–Trinajstić information content (AvgIpc) is 2.27. The normalized spacial score (nSPS) is 24.1. The summed E-state index contributed by atoms with van der Waals surface area (Å²) in [5, 5.41) is 3.01. The van der Waals surface area contributed by atoms with E-state index in [9.17, 15) is 4.79 Å². The molecule has 0 spiro atoms. The van der Waals surface area contributed by atoms with Gasteiger partial charge in [-0.2, -0.15) is 0 Å². The summed E-state index contributed by atoms with van der Waals surface area (Å²) in [5.74, 6) is -0.320. The van der Waals surface area contributed by atoms with E-state index in [4.69, 9.17) is 9.47 Å². The number of carbonyl (C=O) groups excluding carboxylic acids is 1. The van der Waals surface area contributed by atoms with Crippen LogP contribution in [0.5, 0.6) is 0 Å². The van der Waals surface area contributed by atoms with Crippen LogP contribution in [0.15, 0.2) is 0 Å². The molecule has 0 aromatic heterocycles. The summed E-state index contributed by atoms with van der Waals surface area (Å²) < 4.78 is 10.5. The molecule has 0 aromatic carbocycles. The largest absolute Gasteiger partial charge is 0.457 e. The van der Waals surface area contributed by atoms with Crippen molar-refractivity contribution in [1.82, 2.24) is 5.32 Å². The Morgan fingerprint density at radius 1 is 1.43 bits per heavy atom. The van der Waals surface area contributed by atoms with Crippen LogP contribution in [0, 0.1) is 0 Å². The van der Waals surface area contributed by atoms with Gasteiger partial charge >= 0.3 is 5.97 Å². The zero-order chi connectivity index (χ0) is 10.6. The second kappa shape index (κ2) is 4.75. The molecule has 1 saturated heterocycles. The Labute approximate surface area is 85.0 Å². The molecular weight excluding hydrogens is 182 g/mol. The van der Waals surface area contributed by atoms with Crippen molar-refractivity contribution in [2.45, 2.75) is 45.4 Å². The predicted octanol–water partition coefficient (Wildman–Crippen LogP) is 1.05. The number of esters is 1. The second-order valence-corrected chi connectivity index (χ2v) is 4.45. The summed E-state index contributed by atoms with van der Waals surface area (Å²) in [6.45, 7) is 6.98. The topological polar surface area (TPSA) is 47.6 Å². The highest BCUT2D eigenvalue weighted by molar-refractivity contribution is 5.74. The minimum atomic E-state index is -0.586. The van der Waals surface area contributed by atoms with Gasteiger partial charge < -0.3 is 9.47 Å². The van der Waals surface area contributed by atoms with E-state index in [1.54, 1.807) is 0 Å². The lowest BCUT2D eigenvalue weighted by atomic mass is 10.2. The molecule has 0 bridgehead atoms. The van der Waals surface area contributed by atoms with Gasteiger partial charge in [0, 0.05) is 6.61 Å². The Hall–Kier alpha value is -0.610. The number of ether oxygens (including phenoxy) is 2. The Morgan fingerprint density at radius 2 is 2.14 bits per heavy atom. The van der Waals surface area contributed by atoms with Crippen LogP contribution in [0.2, 0.25) is 0 Å². The van der Waals surface area contributed by atoms with Crippen molar-refractivity contribution in [2.75, 3.05) is 13.2 Å². The van der Waals surface area contributed by atoms with Gasteiger partial charge in [0.15, 0.2) is 0 Å². The monoisotopic (exact) mass is 201 g/mol. The summed E-state index contributed by atoms with van der Waals surface area (Å²) in [4.78, 5) is 11.6. The van der Waals surface area contributed by atoms with Crippen molar-refractivity contribution in [1.29, 1.82) is 0 Å². The fraction of sp³-hybridized carbons (Fsp3) is 0.900. The van der Waals surface area contributed by atoms with Crippen LogP contribution in [-0.4, -0.2) is 30.9 Å². The molecule has 0 aromatic rings. The third-order valence-corrected chi connectivity index (χ3v) is 1.81. The van der Waals surface area contributed by atoms with Crippen LogP contribution in [0.4, 0.5) is 0 Å². The van der Waals surface area contributed by atoms with E-state index in [2.05, 4.69) is 5.32 Å². The van der Waals surface area contributed by atoms with Crippen LogP contribution >= 0.6 is 0 Å². The lowest BCUT2D eigenvalue weighted by Gasteiger charge is -2.23. The molecule has 0 amide bonds. The maximum atomic E-state index is 11.6. The van der Waals surface area contributed by atoms with Crippen molar-refractivity contribution >= 4 is 5.97 Å². The van der Waals surface area contributed by atoms with E-state index >= 15 is 0 Å². The Bertz CT molecular complexity index is 190. The molecule has 1 heterocycles. The smallest absolute Gasteiger partial charge is 0.351 e. The zero-order valence-corrected chi connectivity index (χ0v) is 9.13. The summed E-state index contributed by atoms with van der Waals surface area (Å²) in [7, 11) is 0. The molecule has 1 aliphatic heterocycles. The lowest BCUT2D eigenvalue weighted by Crippen LogP contribution is -2.42. The van der Waals surface area contributed by atoms with Crippen LogP contribution < -0.4 is 5.32 Å². The standard InChI is InChI=1S/C10H19NO3/c1-10(2,3)14-9(12)8-11-6-4-5-7-13-8/h8,11H,4-7H2,1-3H3. The van der Waals surface area contributed by atoms with Gasteiger partial charge in [-0.05, 0) is 40.2 Å². The Kier molecular flexibility index (Phi) is 3.89. The second-order valence-electron chi connectivity index (χ2n) is 4.45. The first-order valence-corrected chi connectivity index (χ1v) is 5.07. The maximum Gasteiger partial charge on any atom is 0.351 e. The summed E-state index contributed by atoms with van der Waals surface area (Å²) in [6.07, 6.45) is 1.45. The van der Waals surface area contributed by atoms with Gasteiger partial charge in [0.1, 0.15) is 5.60 Å². The lowest BCUT2D eigenvalue weighted by molar-refractivity contribution is -0.170. The summed E-state index contributed by atoms with van der Waals surface area (Å²) in [5.41, 5.74) is -0.450. The first-order chi connectivity index (χ1) is 6.49. The van der Waals surface area contributed by atoms with Gasteiger partial charge in [0.25, 0.3) is 0 Å². The highest BCUT2D eigenvalue weighted by Crippen LogP contribution is 2.10. The molecule has 1 N–H and O–H groups in total. The molecule has 14 heavy (non-hydrogen) atoms. The average molecular weight is 201 g/mol. The fourth-order valence-corrected chi connectivity index (χ4v) is 1.23. The molecule has 1 unspecified atom stereocenters. The molecule has 1 fully saturated rings. The van der Waals surface area contributed by atoms with Crippen molar-refractivity contribution in [3.8, 4) is 0 Å². The highest BCUT2D eigenvalue weighted by atomic mass is 16.6. The van der Waals surface area contributed by atoms with E-state index in [0.29, 0.717) is 6.61 Å². The third kappa shape index (κ3) is 4.07. The number of carbonyl (C=O) groups is 1. The van der Waals surface area contributed by atoms with Crippen LogP contribution in [0.1, 0.15) is 33.6 Å². The highest BCUT2D eigenvalue weighted by Gasteiger charge is 2.26. The summed E-state index contributed by atoms with van der Waals surface area (Å²) in [6, 6.07) is 0. The molecule has 4 heteroatoms. The maximum absolute atomic E-state index is 11.6. The van der Waals surface area contributed by atoms with Gasteiger partial charge in [-0.15, -0.1) is 0 Å². The minimum absolute atomic E-state index is 0.320. The van der Waals surface area contributed by atoms with Gasteiger partial charge in [-0.1, -0.05) is 0 Å². The molecule has 0 aliphatic carbocycles. The Morgan fingerprint density at radius 3 is 2.79 bits per heavy atom. The molecule has 1 aliphatic rings.